The fraction of sp³-hybridized carbons (Fsp3) is 0.286. The number of aliphatic hydroxyl groups excluding tert-OH is 1. The zero-order valence-corrected chi connectivity index (χ0v) is 35.3. The van der Waals surface area contributed by atoms with Gasteiger partial charge in [0.15, 0.2) is 0 Å². The van der Waals surface area contributed by atoms with Crippen molar-refractivity contribution < 1.29 is 38.7 Å². The van der Waals surface area contributed by atoms with Crippen molar-refractivity contribution in [1.82, 2.24) is 20.5 Å². The number of carbonyl (C=O) groups is 2. The van der Waals surface area contributed by atoms with Crippen molar-refractivity contribution in [3.05, 3.63) is 170 Å². The van der Waals surface area contributed by atoms with Gasteiger partial charge in [0.25, 0.3) is 0 Å². The number of H-pyrrole nitrogens is 1. The number of nitrogens with one attached hydrogen (secondary N) is 3. The fourth-order valence-corrected chi connectivity index (χ4v) is 8.44. The molecule has 326 valence electrons. The van der Waals surface area contributed by atoms with Crippen LogP contribution >= 0.6 is 11.6 Å². The molecule has 1 aromatic heterocycles. The van der Waals surface area contributed by atoms with Crippen LogP contribution in [-0.4, -0.2) is 77.7 Å². The zero-order valence-electron chi connectivity index (χ0n) is 34.5. The van der Waals surface area contributed by atoms with Crippen LogP contribution in [0, 0.1) is 5.92 Å². The highest BCUT2D eigenvalue weighted by Crippen LogP contribution is 2.32. The monoisotopic (exact) mass is 872 g/mol. The Labute approximate surface area is 369 Å². The van der Waals surface area contributed by atoms with Gasteiger partial charge in [-0.25, -0.2) is 9.59 Å². The van der Waals surface area contributed by atoms with E-state index in [1.807, 2.05) is 72.8 Å². The molecule has 0 radical (unpaired) electrons. The minimum atomic E-state index is -0.899. The summed E-state index contributed by atoms with van der Waals surface area (Å²) >= 11 is 6.49. The number of ether oxygens (including phenoxy) is 4. The van der Waals surface area contributed by atoms with Gasteiger partial charge in [0.2, 0.25) is 5.56 Å². The SMILES string of the molecule is O=C(N[C@@H](c1ccccc1)c1cccc(OCc2ccc(C(=O)OCCOc3ccc(CNC[C@H](O)c4ccc(O)c5[nH]c(=O)ccc45)cc3Cl)cc2)c1)O[C@H]1CN2CCC1CC2. The number of aromatic amines is 1. The van der Waals surface area contributed by atoms with E-state index in [9.17, 15) is 24.6 Å². The average molecular weight is 873 g/mol. The number of esters is 1. The highest BCUT2D eigenvalue weighted by atomic mass is 35.5. The van der Waals surface area contributed by atoms with E-state index in [-0.39, 0.29) is 49.3 Å². The predicted octanol–water partition coefficient (Wildman–Crippen LogP) is 7.43. The quantitative estimate of drug-likeness (QED) is 0.0456. The molecule has 0 aliphatic carbocycles. The molecular formula is C49H49ClN4O9. The van der Waals surface area contributed by atoms with Gasteiger partial charge in [0.1, 0.15) is 43.2 Å². The molecule has 3 saturated heterocycles. The van der Waals surface area contributed by atoms with Gasteiger partial charge in [-0.05, 0) is 108 Å². The number of phenolic OH excluding ortho intramolecular Hbond substituents is 1. The van der Waals surface area contributed by atoms with Crippen LogP contribution in [0.4, 0.5) is 4.79 Å². The second-order valence-electron chi connectivity index (χ2n) is 15.8. The van der Waals surface area contributed by atoms with Crippen molar-refractivity contribution in [3.8, 4) is 17.2 Å². The van der Waals surface area contributed by atoms with E-state index < -0.39 is 24.2 Å². The van der Waals surface area contributed by atoms with Gasteiger partial charge < -0.3 is 44.8 Å². The molecule has 1 amide bonds. The number of amides is 1. The number of benzene rings is 5. The Morgan fingerprint density at radius 2 is 1.62 bits per heavy atom. The number of phenols is 1. The van der Waals surface area contributed by atoms with Crippen LogP contribution in [-0.2, 0) is 22.6 Å². The molecule has 63 heavy (non-hydrogen) atoms. The first kappa shape index (κ1) is 43.3. The number of pyridine rings is 1. The largest absolute Gasteiger partial charge is 0.506 e. The number of nitrogens with zero attached hydrogens (tertiary/aromatic N) is 1. The molecule has 3 aliphatic rings. The lowest BCUT2D eigenvalue weighted by molar-refractivity contribution is -0.0336. The average Bonchev–Trinajstić information content (AvgIpc) is 3.30. The topological polar surface area (TPSA) is 172 Å². The van der Waals surface area contributed by atoms with Gasteiger partial charge in [0, 0.05) is 31.1 Å². The molecule has 0 unspecified atom stereocenters. The number of piperidine rings is 3. The molecule has 9 rings (SSSR count). The van der Waals surface area contributed by atoms with Crippen LogP contribution in [0.25, 0.3) is 10.9 Å². The minimum absolute atomic E-state index is 0.00759. The highest BCUT2D eigenvalue weighted by Gasteiger charge is 2.37. The molecule has 13 nitrogen and oxygen atoms in total. The second kappa shape index (κ2) is 20.2. The smallest absolute Gasteiger partial charge is 0.408 e. The normalized spacial score (nSPS) is 17.7. The summed E-state index contributed by atoms with van der Waals surface area (Å²) in [4.78, 5) is 42.7. The summed E-state index contributed by atoms with van der Waals surface area (Å²) in [6.07, 6.45) is 0.690. The van der Waals surface area contributed by atoms with Crippen LogP contribution in [0.15, 0.2) is 126 Å². The van der Waals surface area contributed by atoms with Crippen LogP contribution in [0.5, 0.6) is 17.2 Å². The molecule has 5 aromatic carbocycles. The minimum Gasteiger partial charge on any atom is -0.506 e. The molecule has 6 aromatic rings. The van der Waals surface area contributed by atoms with Gasteiger partial charge in [-0.1, -0.05) is 78.3 Å². The molecule has 3 atom stereocenters. The van der Waals surface area contributed by atoms with Crippen molar-refractivity contribution in [2.24, 2.45) is 5.92 Å². The molecule has 2 bridgehead atoms. The number of rotatable bonds is 17. The molecule has 4 heterocycles. The Balaban J connectivity index is 0.773. The summed E-state index contributed by atoms with van der Waals surface area (Å²) in [5, 5.41) is 28.2. The standard InChI is InChI=1S/C49H49ClN4O9/c50-40-25-32(27-51-28-42(56)38-14-16-41(55)47-39(38)15-18-45(57)52-47)11-17-43(40)60-23-24-61-48(58)35-12-9-31(10-13-35)30-62-37-8-4-7-36(26-37)46(34-5-2-1-3-6-34)53-49(59)63-44-29-54-21-19-33(44)20-22-54/h1-18,25-26,33,42,44,46,51,55-56H,19-24,27-30H2,(H,52,57)(H,53,59)/t42-,44-,46-/m0/s1. The maximum Gasteiger partial charge on any atom is 0.408 e. The van der Waals surface area contributed by atoms with E-state index in [1.165, 1.54) is 12.1 Å². The van der Waals surface area contributed by atoms with E-state index in [1.54, 1.807) is 36.4 Å². The Morgan fingerprint density at radius 3 is 2.38 bits per heavy atom. The number of halogens is 1. The van der Waals surface area contributed by atoms with Crippen LogP contribution in [0.2, 0.25) is 5.02 Å². The molecular weight excluding hydrogens is 824 g/mol. The van der Waals surface area contributed by atoms with E-state index >= 15 is 0 Å². The van der Waals surface area contributed by atoms with E-state index in [0.29, 0.717) is 45.5 Å². The summed E-state index contributed by atoms with van der Waals surface area (Å²) in [5.41, 5.74) is 4.38. The lowest BCUT2D eigenvalue weighted by Gasteiger charge is -2.43. The third-order valence-corrected chi connectivity index (χ3v) is 11.8. The van der Waals surface area contributed by atoms with Gasteiger partial charge in [-0.2, -0.15) is 0 Å². The molecule has 14 heteroatoms. The number of carbonyl (C=O) groups excluding carboxylic acids is 2. The fourth-order valence-electron chi connectivity index (χ4n) is 8.18. The predicted molar refractivity (Wildman–Crippen MR) is 238 cm³/mol. The van der Waals surface area contributed by atoms with Crippen molar-refractivity contribution >= 4 is 34.6 Å². The number of aromatic nitrogens is 1. The lowest BCUT2D eigenvalue weighted by atomic mass is 9.86. The van der Waals surface area contributed by atoms with Gasteiger partial charge >= 0.3 is 12.1 Å². The summed E-state index contributed by atoms with van der Waals surface area (Å²) in [7, 11) is 0. The number of hydrogen-bond acceptors (Lipinski definition) is 11. The number of aliphatic hydroxyl groups is 1. The lowest BCUT2D eigenvalue weighted by Crippen LogP contribution is -2.52. The molecule has 0 saturated carbocycles. The highest BCUT2D eigenvalue weighted by molar-refractivity contribution is 6.32. The van der Waals surface area contributed by atoms with Gasteiger partial charge in [0.05, 0.1) is 28.2 Å². The molecule has 0 spiro atoms. The molecule has 5 N–H and O–H groups in total. The van der Waals surface area contributed by atoms with Crippen molar-refractivity contribution in [3.63, 3.8) is 0 Å². The van der Waals surface area contributed by atoms with Gasteiger partial charge in [-0.15, -0.1) is 0 Å². The number of fused-ring (bicyclic) bond motifs is 4. The first-order valence-corrected chi connectivity index (χ1v) is 21.4. The van der Waals surface area contributed by atoms with Crippen LogP contribution < -0.4 is 25.7 Å². The van der Waals surface area contributed by atoms with E-state index in [4.69, 9.17) is 30.5 Å². The Morgan fingerprint density at radius 1 is 0.841 bits per heavy atom. The number of alkyl carbamates (subject to hydrolysis) is 1. The number of aromatic hydroxyl groups is 1. The zero-order chi connectivity index (χ0) is 43.7. The summed E-state index contributed by atoms with van der Waals surface area (Å²) in [6.45, 7) is 3.90. The third kappa shape index (κ3) is 11.0. The summed E-state index contributed by atoms with van der Waals surface area (Å²) < 4.78 is 23.3. The van der Waals surface area contributed by atoms with Crippen molar-refractivity contribution in [1.29, 1.82) is 0 Å². The van der Waals surface area contributed by atoms with Crippen LogP contribution in [0.3, 0.4) is 0 Å². The third-order valence-electron chi connectivity index (χ3n) is 11.5. The van der Waals surface area contributed by atoms with E-state index in [2.05, 4.69) is 20.5 Å². The van der Waals surface area contributed by atoms with E-state index in [0.717, 1.165) is 54.7 Å². The Kier molecular flexibility index (Phi) is 13.9. The van der Waals surface area contributed by atoms with Crippen LogP contribution in [0.1, 0.15) is 63.2 Å². The first-order valence-electron chi connectivity index (χ1n) is 21.0. The Bertz CT molecular complexity index is 2580. The maximum atomic E-state index is 13.2. The summed E-state index contributed by atoms with van der Waals surface area (Å²) in [6, 6.07) is 35.3. The van der Waals surface area contributed by atoms with Gasteiger partial charge in [-0.3, -0.25) is 9.69 Å². The maximum absolute atomic E-state index is 13.2. The Hall–Kier alpha value is -6.38. The molecule has 3 fully saturated rings. The van der Waals surface area contributed by atoms with Crippen molar-refractivity contribution in [2.75, 3.05) is 39.4 Å². The summed E-state index contributed by atoms with van der Waals surface area (Å²) in [5.74, 6) is 0.914. The van der Waals surface area contributed by atoms with Crippen molar-refractivity contribution in [2.45, 2.75) is 44.2 Å². The first-order chi connectivity index (χ1) is 30.7. The number of hydrogen-bond donors (Lipinski definition) is 5. The second-order valence-corrected chi connectivity index (χ2v) is 16.2. The molecule has 3 aliphatic heterocycles.